The lowest BCUT2D eigenvalue weighted by Crippen LogP contribution is -2.48. The van der Waals surface area contributed by atoms with Gasteiger partial charge in [-0.05, 0) is 25.1 Å². The standard InChI is InChI=1S/C15H16ClN3O2/c1-11-14(10-17-21-11)15(20)19-7-5-18(6-8-19)13-4-2-3-12(16)9-13/h2-4,9-10H,5-8H2,1H3. The van der Waals surface area contributed by atoms with E-state index >= 15 is 0 Å². The molecule has 2 heterocycles. The predicted molar refractivity (Wildman–Crippen MR) is 80.8 cm³/mol. The highest BCUT2D eigenvalue weighted by molar-refractivity contribution is 6.30. The molecule has 21 heavy (non-hydrogen) atoms. The number of halogens is 1. The molecule has 1 fully saturated rings. The molecule has 5 nitrogen and oxygen atoms in total. The fourth-order valence-electron chi connectivity index (χ4n) is 2.51. The van der Waals surface area contributed by atoms with E-state index in [9.17, 15) is 4.79 Å². The molecule has 1 aromatic carbocycles. The predicted octanol–water partition coefficient (Wildman–Crippen LogP) is 2.60. The van der Waals surface area contributed by atoms with Gasteiger partial charge in [0.15, 0.2) is 0 Å². The first-order chi connectivity index (χ1) is 10.1. The smallest absolute Gasteiger partial charge is 0.259 e. The van der Waals surface area contributed by atoms with Crippen LogP contribution in [0, 0.1) is 6.92 Å². The average molecular weight is 306 g/mol. The summed E-state index contributed by atoms with van der Waals surface area (Å²) >= 11 is 6.02. The summed E-state index contributed by atoms with van der Waals surface area (Å²) in [6.07, 6.45) is 1.49. The Labute approximate surface area is 128 Å². The van der Waals surface area contributed by atoms with Crippen molar-refractivity contribution in [1.82, 2.24) is 10.1 Å². The van der Waals surface area contributed by atoms with Gasteiger partial charge in [0.2, 0.25) is 0 Å². The molecule has 6 heteroatoms. The van der Waals surface area contributed by atoms with E-state index in [1.165, 1.54) is 6.20 Å². The van der Waals surface area contributed by atoms with E-state index in [4.69, 9.17) is 16.1 Å². The van der Waals surface area contributed by atoms with Crippen LogP contribution in [-0.4, -0.2) is 42.1 Å². The van der Waals surface area contributed by atoms with Crippen LogP contribution in [0.25, 0.3) is 0 Å². The quantitative estimate of drug-likeness (QED) is 0.856. The van der Waals surface area contributed by atoms with E-state index in [0.29, 0.717) is 24.4 Å². The Bertz CT molecular complexity index is 648. The van der Waals surface area contributed by atoms with Crippen molar-refractivity contribution >= 4 is 23.2 Å². The largest absolute Gasteiger partial charge is 0.368 e. The number of anilines is 1. The Balaban J connectivity index is 1.65. The van der Waals surface area contributed by atoms with Gasteiger partial charge in [0, 0.05) is 36.9 Å². The number of rotatable bonds is 2. The number of hydrogen-bond donors (Lipinski definition) is 0. The van der Waals surface area contributed by atoms with Crippen LogP contribution in [0.2, 0.25) is 5.02 Å². The maximum absolute atomic E-state index is 12.4. The van der Waals surface area contributed by atoms with Crippen LogP contribution >= 0.6 is 11.6 Å². The van der Waals surface area contributed by atoms with Gasteiger partial charge in [-0.15, -0.1) is 0 Å². The van der Waals surface area contributed by atoms with Crippen molar-refractivity contribution in [2.45, 2.75) is 6.92 Å². The van der Waals surface area contributed by atoms with E-state index in [2.05, 4.69) is 10.1 Å². The number of aromatic nitrogens is 1. The monoisotopic (exact) mass is 305 g/mol. The minimum absolute atomic E-state index is 0.0144. The molecule has 1 saturated heterocycles. The van der Waals surface area contributed by atoms with Gasteiger partial charge in [0.25, 0.3) is 5.91 Å². The van der Waals surface area contributed by atoms with Crippen molar-refractivity contribution in [2.75, 3.05) is 31.1 Å². The molecule has 0 aliphatic carbocycles. The lowest BCUT2D eigenvalue weighted by atomic mass is 10.2. The van der Waals surface area contributed by atoms with Crippen molar-refractivity contribution in [2.24, 2.45) is 0 Å². The van der Waals surface area contributed by atoms with E-state index in [-0.39, 0.29) is 5.91 Å². The van der Waals surface area contributed by atoms with Gasteiger partial charge in [0.05, 0.1) is 6.20 Å². The fraction of sp³-hybridized carbons (Fsp3) is 0.333. The highest BCUT2D eigenvalue weighted by atomic mass is 35.5. The maximum Gasteiger partial charge on any atom is 0.259 e. The minimum Gasteiger partial charge on any atom is -0.368 e. The van der Waals surface area contributed by atoms with Crippen molar-refractivity contribution < 1.29 is 9.32 Å². The number of aryl methyl sites for hydroxylation is 1. The summed E-state index contributed by atoms with van der Waals surface area (Å²) in [6, 6.07) is 7.78. The lowest BCUT2D eigenvalue weighted by Gasteiger charge is -2.36. The van der Waals surface area contributed by atoms with Crippen molar-refractivity contribution in [1.29, 1.82) is 0 Å². The second kappa shape index (κ2) is 5.77. The van der Waals surface area contributed by atoms with Crippen molar-refractivity contribution in [3.05, 3.63) is 46.8 Å². The molecule has 1 aromatic heterocycles. The van der Waals surface area contributed by atoms with Crippen molar-refractivity contribution in [3.63, 3.8) is 0 Å². The number of amides is 1. The molecular formula is C15H16ClN3O2. The van der Waals surface area contributed by atoms with Gasteiger partial charge in [0.1, 0.15) is 11.3 Å². The van der Waals surface area contributed by atoms with Crippen LogP contribution in [0.3, 0.4) is 0 Å². The van der Waals surface area contributed by atoms with Crippen molar-refractivity contribution in [3.8, 4) is 0 Å². The molecular weight excluding hydrogens is 290 g/mol. The first-order valence-electron chi connectivity index (χ1n) is 6.86. The molecule has 0 saturated carbocycles. The molecule has 1 aliphatic heterocycles. The SMILES string of the molecule is Cc1oncc1C(=O)N1CCN(c2cccc(Cl)c2)CC1. The van der Waals surface area contributed by atoms with Crippen LogP contribution in [0.5, 0.6) is 0 Å². The van der Waals surface area contributed by atoms with E-state index in [1.807, 2.05) is 29.2 Å². The number of piperazine rings is 1. The molecule has 0 unspecified atom stereocenters. The first-order valence-corrected chi connectivity index (χ1v) is 7.24. The highest BCUT2D eigenvalue weighted by Crippen LogP contribution is 2.21. The van der Waals surface area contributed by atoms with Gasteiger partial charge in [-0.25, -0.2) is 0 Å². The fourth-order valence-corrected chi connectivity index (χ4v) is 2.70. The summed E-state index contributed by atoms with van der Waals surface area (Å²) < 4.78 is 4.96. The van der Waals surface area contributed by atoms with Crippen LogP contribution in [-0.2, 0) is 0 Å². The minimum atomic E-state index is -0.0144. The maximum atomic E-state index is 12.4. The molecule has 110 valence electrons. The number of carbonyl (C=O) groups is 1. The normalized spacial score (nSPS) is 15.3. The Morgan fingerprint density at radius 1 is 1.29 bits per heavy atom. The topological polar surface area (TPSA) is 49.6 Å². The number of carbonyl (C=O) groups excluding carboxylic acids is 1. The zero-order valence-electron chi connectivity index (χ0n) is 11.8. The van der Waals surface area contributed by atoms with E-state index in [1.54, 1.807) is 6.92 Å². The lowest BCUT2D eigenvalue weighted by molar-refractivity contribution is 0.0745. The number of hydrogen-bond acceptors (Lipinski definition) is 4. The highest BCUT2D eigenvalue weighted by Gasteiger charge is 2.24. The third-order valence-electron chi connectivity index (χ3n) is 3.72. The number of benzene rings is 1. The van der Waals surface area contributed by atoms with Crippen LogP contribution < -0.4 is 4.90 Å². The van der Waals surface area contributed by atoms with E-state index < -0.39 is 0 Å². The van der Waals surface area contributed by atoms with Crippen LogP contribution in [0.1, 0.15) is 16.1 Å². The zero-order chi connectivity index (χ0) is 14.8. The van der Waals surface area contributed by atoms with Gasteiger partial charge >= 0.3 is 0 Å². The summed E-state index contributed by atoms with van der Waals surface area (Å²) in [6.45, 7) is 4.68. The molecule has 0 N–H and O–H groups in total. The van der Waals surface area contributed by atoms with E-state index in [0.717, 1.165) is 23.8 Å². The number of nitrogens with zero attached hydrogens (tertiary/aromatic N) is 3. The zero-order valence-corrected chi connectivity index (χ0v) is 12.5. The Hall–Kier alpha value is -2.01. The summed E-state index contributed by atoms with van der Waals surface area (Å²) in [5.74, 6) is 0.553. The first kappa shape index (κ1) is 13.9. The summed E-state index contributed by atoms with van der Waals surface area (Å²) in [5, 5.41) is 4.39. The second-order valence-electron chi connectivity index (χ2n) is 5.05. The summed E-state index contributed by atoms with van der Waals surface area (Å²) in [5.41, 5.74) is 1.64. The molecule has 0 radical (unpaired) electrons. The van der Waals surface area contributed by atoms with Gasteiger partial charge in [-0.1, -0.05) is 22.8 Å². The molecule has 1 amide bonds. The third-order valence-corrected chi connectivity index (χ3v) is 3.96. The third kappa shape index (κ3) is 2.88. The second-order valence-corrected chi connectivity index (χ2v) is 5.49. The Kier molecular flexibility index (Phi) is 3.84. The van der Waals surface area contributed by atoms with Gasteiger partial charge in [-0.3, -0.25) is 4.79 Å². The molecule has 0 atom stereocenters. The summed E-state index contributed by atoms with van der Waals surface area (Å²) in [4.78, 5) is 16.4. The molecule has 2 aromatic rings. The van der Waals surface area contributed by atoms with Gasteiger partial charge in [-0.2, -0.15) is 0 Å². The molecule has 1 aliphatic rings. The molecule has 0 bridgehead atoms. The van der Waals surface area contributed by atoms with Crippen LogP contribution in [0.15, 0.2) is 35.0 Å². The Morgan fingerprint density at radius 2 is 2.05 bits per heavy atom. The van der Waals surface area contributed by atoms with Gasteiger partial charge < -0.3 is 14.3 Å². The van der Waals surface area contributed by atoms with Crippen LogP contribution in [0.4, 0.5) is 5.69 Å². The molecule has 3 rings (SSSR count). The molecule has 0 spiro atoms. The average Bonchev–Trinajstić information content (AvgIpc) is 2.93. The Morgan fingerprint density at radius 3 is 2.67 bits per heavy atom. The summed E-state index contributed by atoms with van der Waals surface area (Å²) in [7, 11) is 0.